The van der Waals surface area contributed by atoms with Crippen molar-refractivity contribution in [2.45, 2.75) is 50.1 Å². The molecule has 0 unspecified atom stereocenters. The third-order valence-electron chi connectivity index (χ3n) is 6.17. The molecular formula is C23H22N4OS2. The molecule has 152 valence electrons. The average Bonchev–Trinajstić information content (AvgIpc) is 3.42. The van der Waals surface area contributed by atoms with Crippen LogP contribution in [0.1, 0.15) is 58.7 Å². The Morgan fingerprint density at radius 2 is 2.03 bits per heavy atom. The largest absolute Gasteiger partial charge is 0.293 e. The molecule has 0 N–H and O–H groups in total. The number of carbonyl (C=O) groups is 1. The smallest absolute Gasteiger partial charge is 0.197 e. The van der Waals surface area contributed by atoms with Gasteiger partial charge in [-0.15, -0.1) is 21.5 Å². The van der Waals surface area contributed by atoms with Crippen LogP contribution in [0.5, 0.6) is 0 Å². The normalized spacial score (nSPS) is 18.8. The molecule has 2 aliphatic carbocycles. The van der Waals surface area contributed by atoms with Gasteiger partial charge in [0.05, 0.1) is 11.1 Å². The number of Topliss-reactive ketones (excluding diaryl/α,β-unsaturated/α-hetero) is 1. The summed E-state index contributed by atoms with van der Waals surface area (Å²) in [5.74, 6) is 2.75. The number of thiophene rings is 1. The Kier molecular flexibility index (Phi) is 4.42. The monoisotopic (exact) mass is 434 g/mol. The van der Waals surface area contributed by atoms with Crippen molar-refractivity contribution in [3.8, 4) is 0 Å². The van der Waals surface area contributed by atoms with E-state index in [1.165, 1.54) is 46.9 Å². The Bertz CT molecular complexity index is 1270. The summed E-state index contributed by atoms with van der Waals surface area (Å²) < 4.78 is 2.15. The first-order chi connectivity index (χ1) is 14.7. The first-order valence-electron chi connectivity index (χ1n) is 10.6. The van der Waals surface area contributed by atoms with E-state index in [4.69, 9.17) is 4.98 Å². The topological polar surface area (TPSA) is 60.2 Å². The van der Waals surface area contributed by atoms with Gasteiger partial charge in [0.25, 0.3) is 0 Å². The van der Waals surface area contributed by atoms with Crippen LogP contribution < -0.4 is 0 Å². The Labute approximate surface area is 182 Å². The van der Waals surface area contributed by atoms with E-state index in [2.05, 4.69) is 21.5 Å². The highest BCUT2D eigenvalue weighted by molar-refractivity contribution is 7.99. The third-order valence-corrected chi connectivity index (χ3v) is 8.24. The van der Waals surface area contributed by atoms with Gasteiger partial charge in [0.2, 0.25) is 0 Å². The van der Waals surface area contributed by atoms with Crippen LogP contribution in [0.4, 0.5) is 0 Å². The molecule has 1 fully saturated rings. The lowest BCUT2D eigenvalue weighted by atomic mass is 9.89. The molecule has 1 aromatic carbocycles. The zero-order chi connectivity index (χ0) is 20.2. The second-order valence-corrected chi connectivity index (χ2v) is 10.5. The van der Waals surface area contributed by atoms with Crippen molar-refractivity contribution in [3.63, 3.8) is 0 Å². The van der Waals surface area contributed by atoms with Gasteiger partial charge in [0.1, 0.15) is 10.7 Å². The molecule has 1 atom stereocenters. The van der Waals surface area contributed by atoms with E-state index in [-0.39, 0.29) is 5.78 Å². The van der Waals surface area contributed by atoms with E-state index >= 15 is 0 Å². The maximum Gasteiger partial charge on any atom is 0.197 e. The number of aromatic nitrogens is 4. The van der Waals surface area contributed by atoms with Gasteiger partial charge in [0, 0.05) is 16.4 Å². The van der Waals surface area contributed by atoms with Crippen LogP contribution >= 0.6 is 23.1 Å². The lowest BCUT2D eigenvalue weighted by molar-refractivity contribution is 0.102. The second kappa shape index (κ2) is 7.17. The number of ketones is 1. The maximum absolute atomic E-state index is 12.6. The lowest BCUT2D eigenvalue weighted by Crippen LogP contribution is -2.09. The Morgan fingerprint density at radius 3 is 2.83 bits per heavy atom. The number of hydrogen-bond donors (Lipinski definition) is 0. The predicted molar refractivity (Wildman–Crippen MR) is 121 cm³/mol. The minimum Gasteiger partial charge on any atom is -0.293 e. The van der Waals surface area contributed by atoms with Crippen LogP contribution in [-0.4, -0.2) is 31.1 Å². The molecule has 0 aliphatic heterocycles. The first kappa shape index (κ1) is 18.5. The van der Waals surface area contributed by atoms with E-state index in [1.54, 1.807) is 0 Å². The van der Waals surface area contributed by atoms with Crippen molar-refractivity contribution in [2.24, 2.45) is 5.92 Å². The zero-order valence-corrected chi connectivity index (χ0v) is 18.4. The van der Waals surface area contributed by atoms with Gasteiger partial charge in [-0.25, -0.2) is 4.98 Å². The van der Waals surface area contributed by atoms with Gasteiger partial charge >= 0.3 is 0 Å². The number of rotatable bonds is 5. The molecular weight excluding hydrogens is 412 g/mol. The minimum atomic E-state index is 0.112. The molecule has 2 aliphatic rings. The molecule has 0 radical (unpaired) electrons. The molecule has 3 aromatic heterocycles. The summed E-state index contributed by atoms with van der Waals surface area (Å²) in [7, 11) is 0. The first-order valence-corrected chi connectivity index (χ1v) is 12.4. The summed E-state index contributed by atoms with van der Waals surface area (Å²) in [5.41, 5.74) is 3.10. The Hall–Kier alpha value is -2.25. The minimum absolute atomic E-state index is 0.112. The number of hydrogen-bond acceptors (Lipinski definition) is 6. The van der Waals surface area contributed by atoms with Crippen LogP contribution in [0.2, 0.25) is 0 Å². The van der Waals surface area contributed by atoms with Crippen molar-refractivity contribution < 1.29 is 4.79 Å². The molecule has 0 amide bonds. The summed E-state index contributed by atoms with van der Waals surface area (Å²) in [4.78, 5) is 20.3. The number of nitrogens with zero attached hydrogens (tertiary/aromatic N) is 4. The van der Waals surface area contributed by atoms with Gasteiger partial charge < -0.3 is 0 Å². The fourth-order valence-corrected chi connectivity index (χ4v) is 6.60. The fraction of sp³-hybridized carbons (Fsp3) is 0.391. The molecule has 1 saturated carbocycles. The van der Waals surface area contributed by atoms with Gasteiger partial charge in [-0.2, -0.15) is 0 Å². The molecule has 30 heavy (non-hydrogen) atoms. The van der Waals surface area contributed by atoms with Gasteiger partial charge in [-0.1, -0.05) is 49.0 Å². The molecule has 0 saturated heterocycles. The Morgan fingerprint density at radius 1 is 1.20 bits per heavy atom. The number of benzene rings is 1. The van der Waals surface area contributed by atoms with Gasteiger partial charge in [-0.05, 0) is 43.6 Å². The molecule has 5 nitrogen and oxygen atoms in total. The number of aryl methyl sites for hydroxylation is 1. The third kappa shape index (κ3) is 3.06. The number of thioether (sulfide) groups is 1. The van der Waals surface area contributed by atoms with Crippen molar-refractivity contribution in [1.82, 2.24) is 19.6 Å². The second-order valence-electron chi connectivity index (χ2n) is 8.50. The highest BCUT2D eigenvalue weighted by atomic mass is 32.2. The predicted octanol–water partition coefficient (Wildman–Crippen LogP) is 5.32. The van der Waals surface area contributed by atoms with Crippen molar-refractivity contribution >= 4 is 44.7 Å². The number of fused-ring (bicyclic) bond motifs is 5. The average molecular weight is 435 g/mol. The van der Waals surface area contributed by atoms with E-state index in [1.807, 2.05) is 41.7 Å². The van der Waals surface area contributed by atoms with E-state index < -0.39 is 0 Å². The number of carbonyl (C=O) groups excluding carboxylic acids is 1. The van der Waals surface area contributed by atoms with Crippen LogP contribution in [0.25, 0.3) is 15.9 Å². The fourth-order valence-electron chi connectivity index (χ4n) is 4.38. The summed E-state index contributed by atoms with van der Waals surface area (Å²) in [6.45, 7) is 2.33. The zero-order valence-electron chi connectivity index (χ0n) is 16.8. The lowest BCUT2D eigenvalue weighted by Gasteiger charge is -2.17. The van der Waals surface area contributed by atoms with Crippen molar-refractivity contribution in [1.29, 1.82) is 0 Å². The molecule has 3 heterocycles. The summed E-state index contributed by atoms with van der Waals surface area (Å²) in [5, 5.41) is 11.1. The van der Waals surface area contributed by atoms with Gasteiger partial charge in [-0.3, -0.25) is 9.20 Å². The highest BCUT2D eigenvalue weighted by Gasteiger charge is 2.32. The molecule has 0 spiro atoms. The molecule has 4 aromatic rings. The molecule has 6 rings (SSSR count). The standard InChI is InChI=1S/C23H22N4OS2/c1-13-7-10-16-18(11-13)30-22-19(16)21-25-26-23(27(21)20(24-22)15-8-9-15)29-12-17(28)14-5-3-2-4-6-14/h2-6,13,15H,7-12H2,1H3/t13-/m0/s1. The van der Waals surface area contributed by atoms with E-state index in [9.17, 15) is 4.79 Å². The SMILES string of the molecule is C[C@H]1CCc2c(sc3nc(C4CC4)n4c(SCC(=O)c5ccccc5)nnc4c23)C1. The summed E-state index contributed by atoms with van der Waals surface area (Å²) in [6.07, 6.45) is 5.79. The van der Waals surface area contributed by atoms with Crippen molar-refractivity contribution in [2.75, 3.05) is 5.75 Å². The maximum atomic E-state index is 12.6. The Balaban J connectivity index is 1.43. The summed E-state index contributed by atoms with van der Waals surface area (Å²) >= 11 is 3.32. The van der Waals surface area contributed by atoms with E-state index in [0.717, 1.165) is 45.8 Å². The highest BCUT2D eigenvalue weighted by Crippen LogP contribution is 2.44. The van der Waals surface area contributed by atoms with Crippen LogP contribution in [0.3, 0.4) is 0 Å². The van der Waals surface area contributed by atoms with E-state index in [0.29, 0.717) is 11.7 Å². The molecule has 0 bridgehead atoms. The van der Waals surface area contributed by atoms with Crippen LogP contribution in [0.15, 0.2) is 35.5 Å². The molecule has 7 heteroatoms. The van der Waals surface area contributed by atoms with Gasteiger partial charge in [0.15, 0.2) is 16.6 Å². The van der Waals surface area contributed by atoms with Crippen LogP contribution in [0, 0.1) is 5.92 Å². The quantitative estimate of drug-likeness (QED) is 0.314. The van der Waals surface area contributed by atoms with Crippen molar-refractivity contribution in [3.05, 3.63) is 52.2 Å². The van der Waals surface area contributed by atoms with Crippen LogP contribution in [-0.2, 0) is 12.8 Å². The summed E-state index contributed by atoms with van der Waals surface area (Å²) in [6, 6.07) is 9.46.